The highest BCUT2D eigenvalue weighted by atomic mass is 33.1. The highest BCUT2D eigenvalue weighted by Crippen LogP contribution is 2.21. The summed E-state index contributed by atoms with van der Waals surface area (Å²) in [7, 11) is 3.06. The van der Waals surface area contributed by atoms with Crippen LogP contribution in [-0.4, -0.2) is 40.0 Å². The van der Waals surface area contributed by atoms with E-state index in [1.165, 1.54) is 10.8 Å². The molecule has 0 aliphatic carbocycles. The molecule has 0 spiro atoms. The summed E-state index contributed by atoms with van der Waals surface area (Å²) in [5.41, 5.74) is 1.22. The molecule has 22 heavy (non-hydrogen) atoms. The Kier molecular flexibility index (Phi) is 7.75. The van der Waals surface area contributed by atoms with Crippen molar-refractivity contribution in [2.75, 3.05) is 18.1 Å². The van der Waals surface area contributed by atoms with Crippen LogP contribution in [0, 0.1) is 0 Å². The van der Waals surface area contributed by atoms with Crippen LogP contribution in [0.3, 0.4) is 0 Å². The topological polar surface area (TPSA) is 79.3 Å². The average Bonchev–Trinajstić information content (AvgIpc) is 2.45. The molecule has 0 unspecified atom stereocenters. The Hall–Kier alpha value is -1.21. The van der Waals surface area contributed by atoms with E-state index in [1.54, 1.807) is 16.9 Å². The van der Waals surface area contributed by atoms with Crippen LogP contribution < -0.4 is 5.32 Å². The monoisotopic (exact) mass is 342 g/mol. The van der Waals surface area contributed by atoms with Gasteiger partial charge in [0.25, 0.3) is 5.91 Å². The lowest BCUT2D eigenvalue weighted by Gasteiger charge is -2.18. The molecule has 0 fully saturated rings. The maximum atomic E-state index is 12.0. The molecule has 1 aromatic rings. The molecule has 2 N–H and O–H groups in total. The van der Waals surface area contributed by atoms with E-state index in [0.29, 0.717) is 18.0 Å². The normalized spacial score (nSPS) is 11.2. The second-order valence-electron chi connectivity index (χ2n) is 5.70. The van der Waals surface area contributed by atoms with Crippen LogP contribution in [-0.2, 0) is 10.2 Å². The second-order valence-corrected chi connectivity index (χ2v) is 8.40. The maximum absolute atomic E-state index is 12.0. The van der Waals surface area contributed by atoms with Crippen LogP contribution in [0.25, 0.3) is 0 Å². The molecule has 1 aromatic heterocycles. The lowest BCUT2D eigenvalue weighted by Crippen LogP contribution is -2.27. The minimum absolute atomic E-state index is 0.0904. The number of nitrogens with one attached hydrogen (secondary N) is 1. The van der Waals surface area contributed by atoms with Gasteiger partial charge in [-0.2, -0.15) is 0 Å². The number of hydrogen-bond acceptors (Lipinski definition) is 5. The zero-order chi connectivity index (χ0) is 16.6. The molecule has 0 aliphatic heterocycles. The molecule has 1 heterocycles. The molecular weight excluding hydrogens is 320 g/mol. The van der Waals surface area contributed by atoms with Crippen molar-refractivity contribution in [1.29, 1.82) is 0 Å². The van der Waals surface area contributed by atoms with Crippen molar-refractivity contribution in [3.8, 4) is 0 Å². The molecule has 5 nitrogen and oxygen atoms in total. The summed E-state index contributed by atoms with van der Waals surface area (Å²) in [5, 5.41) is 11.3. The van der Waals surface area contributed by atoms with Crippen LogP contribution in [0.4, 0.5) is 0 Å². The minimum atomic E-state index is -0.786. The van der Waals surface area contributed by atoms with E-state index in [9.17, 15) is 9.59 Å². The fourth-order valence-electron chi connectivity index (χ4n) is 1.52. The number of aliphatic carboxylic acids is 1. The Morgan fingerprint density at radius 3 is 2.55 bits per heavy atom. The van der Waals surface area contributed by atoms with Crippen molar-refractivity contribution >= 4 is 33.5 Å². The van der Waals surface area contributed by atoms with Gasteiger partial charge in [-0.3, -0.25) is 9.59 Å². The van der Waals surface area contributed by atoms with Gasteiger partial charge in [-0.05, 0) is 12.1 Å². The maximum Gasteiger partial charge on any atom is 0.304 e. The van der Waals surface area contributed by atoms with Gasteiger partial charge in [-0.1, -0.05) is 48.4 Å². The third-order valence-corrected chi connectivity index (χ3v) is 5.11. The SMILES string of the molecule is CC(C)(C)c1cccc(C(=O)NCCSSCCC(=O)O)n1. The Morgan fingerprint density at radius 2 is 1.91 bits per heavy atom. The van der Waals surface area contributed by atoms with Crippen molar-refractivity contribution in [3.63, 3.8) is 0 Å². The molecule has 0 aromatic carbocycles. The summed E-state index contributed by atoms with van der Waals surface area (Å²) in [4.78, 5) is 26.8. The van der Waals surface area contributed by atoms with Crippen molar-refractivity contribution in [2.24, 2.45) is 0 Å². The highest BCUT2D eigenvalue weighted by Gasteiger charge is 2.17. The first kappa shape index (κ1) is 18.8. The first-order valence-electron chi connectivity index (χ1n) is 7.02. The number of carbonyl (C=O) groups excluding carboxylic acids is 1. The standard InChI is InChI=1S/C15H22N2O3S2/c1-15(2,3)12-6-4-5-11(17-12)14(20)16-8-10-22-21-9-7-13(18)19/h4-6H,7-10H2,1-3H3,(H,16,20)(H,18,19). The van der Waals surface area contributed by atoms with Gasteiger partial charge in [0.2, 0.25) is 0 Å². The average molecular weight is 342 g/mol. The number of carboxylic acid groups (broad SMARTS) is 1. The summed E-state index contributed by atoms with van der Waals surface area (Å²) in [6.45, 7) is 6.71. The van der Waals surface area contributed by atoms with Crippen LogP contribution >= 0.6 is 21.6 Å². The van der Waals surface area contributed by atoms with E-state index in [-0.39, 0.29) is 17.7 Å². The zero-order valence-electron chi connectivity index (χ0n) is 13.1. The number of rotatable bonds is 8. The first-order chi connectivity index (χ1) is 10.3. The van der Waals surface area contributed by atoms with E-state index in [4.69, 9.17) is 5.11 Å². The molecule has 122 valence electrons. The predicted molar refractivity (Wildman–Crippen MR) is 92.4 cm³/mol. The highest BCUT2D eigenvalue weighted by molar-refractivity contribution is 8.76. The van der Waals surface area contributed by atoms with E-state index in [0.717, 1.165) is 11.4 Å². The minimum Gasteiger partial charge on any atom is -0.481 e. The third kappa shape index (κ3) is 7.17. The lowest BCUT2D eigenvalue weighted by molar-refractivity contribution is -0.136. The number of pyridine rings is 1. The molecule has 0 aliphatic rings. The molecule has 0 bridgehead atoms. The molecular formula is C15H22N2O3S2. The first-order valence-corrected chi connectivity index (χ1v) is 9.51. The smallest absolute Gasteiger partial charge is 0.304 e. The Labute approximate surface area is 139 Å². The molecule has 0 saturated carbocycles. The summed E-state index contributed by atoms with van der Waals surface area (Å²) in [6, 6.07) is 5.48. The molecule has 1 rings (SSSR count). The van der Waals surface area contributed by atoms with Crippen molar-refractivity contribution in [3.05, 3.63) is 29.6 Å². The largest absolute Gasteiger partial charge is 0.481 e. The Morgan fingerprint density at radius 1 is 1.23 bits per heavy atom. The predicted octanol–water partition coefficient (Wildman–Crippen LogP) is 2.97. The molecule has 7 heteroatoms. The number of hydrogen-bond donors (Lipinski definition) is 2. The number of carboxylic acids is 1. The fraction of sp³-hybridized carbons (Fsp3) is 0.533. The van der Waals surface area contributed by atoms with Gasteiger partial charge in [-0.15, -0.1) is 0 Å². The van der Waals surface area contributed by atoms with Gasteiger partial charge in [0.05, 0.1) is 6.42 Å². The molecule has 0 atom stereocenters. The summed E-state index contributed by atoms with van der Waals surface area (Å²) < 4.78 is 0. The van der Waals surface area contributed by atoms with Gasteiger partial charge in [0.15, 0.2) is 0 Å². The van der Waals surface area contributed by atoms with Crippen molar-refractivity contribution < 1.29 is 14.7 Å². The van der Waals surface area contributed by atoms with E-state index in [1.807, 2.05) is 12.1 Å². The van der Waals surface area contributed by atoms with Gasteiger partial charge in [0, 0.05) is 29.2 Å². The van der Waals surface area contributed by atoms with Gasteiger partial charge >= 0.3 is 5.97 Å². The molecule has 1 amide bonds. The van der Waals surface area contributed by atoms with Crippen molar-refractivity contribution in [2.45, 2.75) is 32.6 Å². The van der Waals surface area contributed by atoms with Gasteiger partial charge in [-0.25, -0.2) is 4.98 Å². The Balaban J connectivity index is 2.33. The fourth-order valence-corrected chi connectivity index (χ4v) is 3.41. The second kappa shape index (κ2) is 9.05. The number of amides is 1. The van der Waals surface area contributed by atoms with E-state index >= 15 is 0 Å². The van der Waals surface area contributed by atoms with E-state index < -0.39 is 5.97 Å². The summed E-state index contributed by atoms with van der Waals surface area (Å²) in [6.07, 6.45) is 0.160. The number of nitrogens with zero attached hydrogens (tertiary/aromatic N) is 1. The van der Waals surface area contributed by atoms with Crippen molar-refractivity contribution in [1.82, 2.24) is 10.3 Å². The number of carbonyl (C=O) groups is 2. The van der Waals surface area contributed by atoms with Crippen LogP contribution in [0.15, 0.2) is 18.2 Å². The van der Waals surface area contributed by atoms with Crippen LogP contribution in [0.2, 0.25) is 0 Å². The Bertz CT molecular complexity index is 516. The quantitative estimate of drug-likeness (QED) is 0.558. The summed E-state index contributed by atoms with van der Waals surface area (Å²) >= 11 is 0. The van der Waals surface area contributed by atoms with Crippen LogP contribution in [0.5, 0.6) is 0 Å². The van der Waals surface area contributed by atoms with Gasteiger partial charge in [0.1, 0.15) is 5.69 Å². The third-order valence-electron chi connectivity index (χ3n) is 2.70. The lowest BCUT2D eigenvalue weighted by atomic mass is 9.91. The van der Waals surface area contributed by atoms with Gasteiger partial charge < -0.3 is 10.4 Å². The number of aromatic nitrogens is 1. The molecule has 0 saturated heterocycles. The zero-order valence-corrected chi connectivity index (χ0v) is 14.7. The molecule has 0 radical (unpaired) electrons. The summed E-state index contributed by atoms with van der Waals surface area (Å²) in [5.74, 6) is 0.339. The van der Waals surface area contributed by atoms with Crippen LogP contribution in [0.1, 0.15) is 43.4 Å². The van der Waals surface area contributed by atoms with E-state index in [2.05, 4.69) is 31.1 Å².